The van der Waals surface area contributed by atoms with Crippen LogP contribution in [0.1, 0.15) is 0 Å². The summed E-state index contributed by atoms with van der Waals surface area (Å²) in [7, 11) is -3.47. The lowest BCUT2D eigenvalue weighted by Gasteiger charge is -2.25. The van der Waals surface area contributed by atoms with Crippen molar-refractivity contribution in [2.75, 3.05) is 0 Å². The topological polar surface area (TPSA) is 53.9 Å². The van der Waals surface area contributed by atoms with E-state index in [0.717, 1.165) is 60.0 Å². The van der Waals surface area contributed by atoms with Crippen LogP contribution in [-0.2, 0) is 0 Å². The molecular weight excluding hydrogens is 730 g/mol. The van der Waals surface area contributed by atoms with Crippen LogP contribution in [0.4, 0.5) is 0 Å². The SMILES string of the molecule is C=C/C=C\NP(Oc1ccc2ccccc2c1-c1c(OP(Oc2cccc3ccccc23)n2cccc2)ccc2ccccc12)Oc1cccc2ccccc12. The molecule has 0 saturated heterocycles. The van der Waals surface area contributed by atoms with Gasteiger partial charge in [0.1, 0.15) is 23.0 Å². The van der Waals surface area contributed by atoms with E-state index >= 15 is 0 Å². The van der Waals surface area contributed by atoms with E-state index in [-0.39, 0.29) is 0 Å². The molecule has 0 aliphatic carbocycles. The van der Waals surface area contributed by atoms with Crippen molar-refractivity contribution in [3.05, 3.63) is 207 Å². The molecule has 8 heteroatoms. The first-order chi connectivity index (χ1) is 27.7. The Kier molecular flexibility index (Phi) is 10.1. The van der Waals surface area contributed by atoms with Crippen molar-refractivity contribution in [1.82, 2.24) is 9.42 Å². The number of allylic oxidation sites excluding steroid dienone is 2. The van der Waals surface area contributed by atoms with Crippen LogP contribution >= 0.6 is 17.1 Å². The van der Waals surface area contributed by atoms with E-state index in [1.165, 1.54) is 0 Å². The number of aromatic nitrogens is 1. The number of rotatable bonds is 13. The summed E-state index contributed by atoms with van der Waals surface area (Å²) in [6.45, 7) is 3.85. The van der Waals surface area contributed by atoms with E-state index in [1.54, 1.807) is 12.3 Å². The molecule has 0 aliphatic heterocycles. The van der Waals surface area contributed by atoms with Crippen molar-refractivity contribution >= 4 is 60.1 Å². The predicted molar refractivity (Wildman–Crippen MR) is 233 cm³/mol. The maximum atomic E-state index is 7.12. The summed E-state index contributed by atoms with van der Waals surface area (Å²) < 4.78 is 29.7. The monoisotopic (exact) mass is 766 g/mol. The van der Waals surface area contributed by atoms with Crippen molar-refractivity contribution in [2.45, 2.75) is 0 Å². The quantitative estimate of drug-likeness (QED) is 0.0935. The van der Waals surface area contributed by atoms with Gasteiger partial charge in [0.05, 0.1) is 0 Å². The van der Waals surface area contributed by atoms with Gasteiger partial charge in [-0.3, -0.25) is 4.34 Å². The molecule has 0 spiro atoms. The van der Waals surface area contributed by atoms with Crippen molar-refractivity contribution in [3.63, 3.8) is 0 Å². The molecule has 6 nitrogen and oxygen atoms in total. The van der Waals surface area contributed by atoms with Gasteiger partial charge in [0.25, 0.3) is 0 Å². The summed E-state index contributed by atoms with van der Waals surface area (Å²) in [5.41, 5.74) is 1.77. The van der Waals surface area contributed by atoms with Crippen LogP contribution < -0.4 is 23.2 Å². The highest BCUT2D eigenvalue weighted by Gasteiger charge is 2.26. The predicted octanol–water partition coefficient (Wildman–Crippen LogP) is 14.0. The minimum Gasteiger partial charge on any atom is -0.422 e. The van der Waals surface area contributed by atoms with Crippen molar-refractivity contribution in [2.24, 2.45) is 0 Å². The van der Waals surface area contributed by atoms with E-state index in [2.05, 4.69) is 109 Å². The second-order valence-corrected chi connectivity index (χ2v) is 15.4. The average Bonchev–Trinajstić information content (AvgIpc) is 3.79. The molecule has 1 N–H and O–H groups in total. The lowest BCUT2D eigenvalue weighted by atomic mass is 9.92. The van der Waals surface area contributed by atoms with Gasteiger partial charge >= 0.3 is 17.1 Å². The summed E-state index contributed by atoms with van der Waals surface area (Å²) in [5.74, 6) is 2.75. The second kappa shape index (κ2) is 16.0. The van der Waals surface area contributed by atoms with Gasteiger partial charge in [-0.2, -0.15) is 0 Å². The lowest BCUT2D eigenvalue weighted by Crippen LogP contribution is -2.09. The molecule has 1 heterocycles. The molecule has 2 atom stereocenters. The van der Waals surface area contributed by atoms with Crippen LogP contribution in [0.25, 0.3) is 54.2 Å². The number of fused-ring (bicyclic) bond motifs is 4. The highest BCUT2D eigenvalue weighted by Crippen LogP contribution is 2.53. The molecule has 1 aromatic heterocycles. The van der Waals surface area contributed by atoms with Crippen LogP contribution in [0.5, 0.6) is 23.0 Å². The van der Waals surface area contributed by atoms with E-state index < -0.39 is 17.1 Å². The number of benzene rings is 8. The Balaban J connectivity index is 1.20. The normalized spacial score (nSPS) is 12.5. The molecular formula is C48H36N2O4P2. The Morgan fingerprint density at radius 2 is 0.857 bits per heavy atom. The fraction of sp³-hybridized carbons (Fsp3) is 0. The van der Waals surface area contributed by atoms with Crippen LogP contribution in [0.2, 0.25) is 0 Å². The molecule has 0 fully saturated rings. The summed E-state index contributed by atoms with van der Waals surface area (Å²) in [6.07, 6.45) is 9.28. The highest BCUT2D eigenvalue weighted by molar-refractivity contribution is 7.46. The highest BCUT2D eigenvalue weighted by atomic mass is 31.2. The molecule has 0 saturated carbocycles. The van der Waals surface area contributed by atoms with Gasteiger partial charge in [0.2, 0.25) is 0 Å². The number of nitrogens with zero attached hydrogens (tertiary/aromatic N) is 1. The zero-order valence-corrected chi connectivity index (χ0v) is 32.0. The van der Waals surface area contributed by atoms with Gasteiger partial charge in [-0.05, 0) is 74.8 Å². The Morgan fingerprint density at radius 1 is 0.429 bits per heavy atom. The Morgan fingerprint density at radius 3 is 1.41 bits per heavy atom. The Bertz CT molecular complexity index is 2850. The van der Waals surface area contributed by atoms with Crippen molar-refractivity contribution in [1.29, 1.82) is 0 Å². The first-order valence-corrected chi connectivity index (χ1v) is 20.5. The van der Waals surface area contributed by atoms with Gasteiger partial charge in [0.15, 0.2) is 0 Å². The molecule has 0 amide bonds. The van der Waals surface area contributed by atoms with Crippen LogP contribution in [-0.4, -0.2) is 4.34 Å². The average molecular weight is 767 g/mol. The maximum absolute atomic E-state index is 7.12. The smallest absolute Gasteiger partial charge is 0.421 e. The molecule has 9 aromatic rings. The fourth-order valence-corrected chi connectivity index (χ4v) is 9.12. The molecule has 272 valence electrons. The van der Waals surface area contributed by atoms with Gasteiger partial charge in [-0.1, -0.05) is 146 Å². The fourth-order valence-electron chi connectivity index (χ4n) is 6.86. The summed E-state index contributed by atoms with van der Waals surface area (Å²) in [6, 6.07) is 57.4. The second-order valence-electron chi connectivity index (χ2n) is 12.9. The number of hydrogen-bond donors (Lipinski definition) is 1. The van der Waals surface area contributed by atoms with Gasteiger partial charge in [0, 0.05) is 40.5 Å². The Hall–Kier alpha value is -6.58. The van der Waals surface area contributed by atoms with Crippen LogP contribution in [0, 0.1) is 0 Å². The largest absolute Gasteiger partial charge is 0.422 e. The first-order valence-electron chi connectivity index (χ1n) is 18.2. The van der Waals surface area contributed by atoms with Gasteiger partial charge in [-0.25, -0.2) is 0 Å². The molecule has 56 heavy (non-hydrogen) atoms. The summed E-state index contributed by atoms with van der Waals surface area (Å²) >= 11 is 0. The third-order valence-electron chi connectivity index (χ3n) is 9.44. The standard InChI is InChI=1S/C48H36N2O4P2/c1-2-3-32-49-55(51-43-26-14-20-35-16-4-8-22-39(35)43)52-45-30-28-37-18-6-10-24-41(37)47(45)48-42-25-11-7-19-38(42)29-31-46(48)54-56(50-33-12-13-34-50)53-44-27-15-21-36-17-5-9-23-40(36)44/h2-34,49H,1H2/b32-3-. The van der Waals surface area contributed by atoms with E-state index in [0.29, 0.717) is 17.2 Å². The number of hydrogen-bond acceptors (Lipinski definition) is 5. The molecule has 0 aliphatic rings. The van der Waals surface area contributed by atoms with Crippen LogP contribution in [0.15, 0.2) is 207 Å². The summed E-state index contributed by atoms with van der Waals surface area (Å²) in [4.78, 5) is 0. The molecule has 8 aromatic carbocycles. The minimum absolute atomic E-state index is 0.635. The van der Waals surface area contributed by atoms with Gasteiger partial charge < -0.3 is 23.2 Å². The van der Waals surface area contributed by atoms with Gasteiger partial charge in [-0.15, -0.1) is 0 Å². The Labute approximate surface area is 327 Å². The molecule has 0 radical (unpaired) electrons. The maximum Gasteiger partial charge on any atom is 0.421 e. The lowest BCUT2D eigenvalue weighted by molar-refractivity contribution is 0.480. The van der Waals surface area contributed by atoms with Crippen LogP contribution in [0.3, 0.4) is 0 Å². The molecule has 9 rings (SSSR count). The first kappa shape index (κ1) is 35.1. The van der Waals surface area contributed by atoms with Crippen molar-refractivity contribution in [3.8, 4) is 34.1 Å². The third kappa shape index (κ3) is 7.17. The zero-order chi connectivity index (χ0) is 37.7. The van der Waals surface area contributed by atoms with E-state index in [4.69, 9.17) is 18.1 Å². The third-order valence-corrected chi connectivity index (χ3v) is 11.9. The van der Waals surface area contributed by atoms with Crippen molar-refractivity contribution < 1.29 is 18.1 Å². The number of nitrogens with one attached hydrogen (secondary N) is 1. The minimum atomic E-state index is -1.76. The molecule has 0 bridgehead atoms. The molecule has 2 unspecified atom stereocenters. The van der Waals surface area contributed by atoms with E-state index in [9.17, 15) is 0 Å². The zero-order valence-electron chi connectivity index (χ0n) is 30.2. The summed E-state index contributed by atoms with van der Waals surface area (Å²) in [5, 5.41) is 11.7. The van der Waals surface area contributed by atoms with E-state index in [1.807, 2.05) is 95.6 Å².